The van der Waals surface area contributed by atoms with Crippen LogP contribution in [0.4, 0.5) is 0 Å². The quantitative estimate of drug-likeness (QED) is 0.720. The molecule has 2 rings (SSSR count). The Morgan fingerprint density at radius 1 is 1.45 bits per heavy atom. The lowest BCUT2D eigenvalue weighted by Crippen LogP contribution is -2.06. The van der Waals surface area contributed by atoms with E-state index in [1.807, 2.05) is 4.68 Å². The van der Waals surface area contributed by atoms with Crippen molar-refractivity contribution >= 4 is 15.9 Å². The Balaban J connectivity index is 2.21. The molecule has 0 aliphatic heterocycles. The van der Waals surface area contributed by atoms with E-state index >= 15 is 0 Å². The lowest BCUT2D eigenvalue weighted by molar-refractivity contribution is 0.446. The van der Waals surface area contributed by atoms with Crippen LogP contribution in [0.15, 0.2) is 10.8 Å². The molecular weight excluding hydrogens is 206 g/mol. The first kappa shape index (κ1) is 7.28. The Labute approximate surface area is 73.9 Å². The van der Waals surface area contributed by atoms with Gasteiger partial charge in [0.1, 0.15) is 4.60 Å². The third-order valence-corrected chi connectivity index (χ3v) is 2.77. The highest BCUT2D eigenvalue weighted by Crippen LogP contribution is 2.30. The van der Waals surface area contributed by atoms with E-state index in [-0.39, 0.29) is 0 Å². The van der Waals surface area contributed by atoms with Crippen LogP contribution in [-0.2, 0) is 0 Å². The second-order valence-electron chi connectivity index (χ2n) is 2.94. The molecule has 1 aliphatic rings. The lowest BCUT2D eigenvalue weighted by Gasteiger charge is -2.08. The van der Waals surface area contributed by atoms with Gasteiger partial charge < -0.3 is 0 Å². The summed E-state index contributed by atoms with van der Waals surface area (Å²) in [5.74, 6) is 0. The maximum Gasteiger partial charge on any atom is 0.124 e. The smallest absolute Gasteiger partial charge is 0.124 e. The average Bonchev–Trinajstić information content (AvgIpc) is 2.55. The largest absolute Gasteiger partial charge is 0.235 e. The van der Waals surface area contributed by atoms with Crippen LogP contribution < -0.4 is 0 Å². The van der Waals surface area contributed by atoms with Crippen molar-refractivity contribution in [2.45, 2.75) is 31.7 Å². The Morgan fingerprint density at radius 2 is 2.18 bits per heavy atom. The van der Waals surface area contributed by atoms with E-state index in [1.165, 1.54) is 25.7 Å². The van der Waals surface area contributed by atoms with Gasteiger partial charge in [-0.15, -0.1) is 5.10 Å². The van der Waals surface area contributed by atoms with E-state index in [0.29, 0.717) is 6.04 Å². The first-order valence-corrected chi connectivity index (χ1v) is 4.73. The second kappa shape index (κ2) is 2.93. The molecule has 0 bridgehead atoms. The summed E-state index contributed by atoms with van der Waals surface area (Å²) in [5, 5.41) is 7.85. The van der Waals surface area contributed by atoms with Gasteiger partial charge in [0.15, 0.2) is 0 Å². The highest BCUT2D eigenvalue weighted by Gasteiger charge is 2.19. The Morgan fingerprint density at radius 3 is 2.73 bits per heavy atom. The van der Waals surface area contributed by atoms with Crippen molar-refractivity contribution in [1.29, 1.82) is 0 Å². The maximum absolute atomic E-state index is 4.02. The fraction of sp³-hybridized carbons (Fsp3) is 0.714. The van der Waals surface area contributed by atoms with Gasteiger partial charge in [0.2, 0.25) is 0 Å². The van der Waals surface area contributed by atoms with Crippen molar-refractivity contribution in [3.05, 3.63) is 10.8 Å². The minimum atomic E-state index is 0.590. The van der Waals surface area contributed by atoms with Crippen LogP contribution in [0.2, 0.25) is 0 Å². The molecule has 1 heterocycles. The van der Waals surface area contributed by atoms with Gasteiger partial charge in [0.05, 0.1) is 12.2 Å². The fourth-order valence-corrected chi connectivity index (χ4v) is 2.08. The molecule has 1 fully saturated rings. The van der Waals surface area contributed by atoms with Crippen molar-refractivity contribution in [3.8, 4) is 0 Å². The number of rotatable bonds is 1. The highest BCUT2D eigenvalue weighted by atomic mass is 79.9. The second-order valence-corrected chi connectivity index (χ2v) is 3.75. The first-order valence-electron chi connectivity index (χ1n) is 3.93. The van der Waals surface area contributed by atoms with E-state index in [4.69, 9.17) is 0 Å². The van der Waals surface area contributed by atoms with Crippen molar-refractivity contribution in [2.24, 2.45) is 0 Å². The molecule has 0 amide bonds. The summed E-state index contributed by atoms with van der Waals surface area (Å²) in [6, 6.07) is 0.590. The third-order valence-electron chi connectivity index (χ3n) is 2.20. The number of hydrogen-bond acceptors (Lipinski definition) is 2. The van der Waals surface area contributed by atoms with Crippen LogP contribution >= 0.6 is 15.9 Å². The van der Waals surface area contributed by atoms with Crippen LogP contribution in [0.25, 0.3) is 0 Å². The van der Waals surface area contributed by atoms with E-state index < -0.39 is 0 Å². The molecule has 1 aromatic rings. The van der Waals surface area contributed by atoms with Crippen LogP contribution in [-0.4, -0.2) is 15.0 Å². The molecule has 1 aromatic heterocycles. The number of aromatic nitrogens is 3. The van der Waals surface area contributed by atoms with Gasteiger partial charge in [0, 0.05) is 0 Å². The molecular formula is C7H10BrN3. The number of hydrogen-bond donors (Lipinski definition) is 0. The van der Waals surface area contributed by atoms with Gasteiger partial charge in [-0.1, -0.05) is 18.1 Å². The van der Waals surface area contributed by atoms with Gasteiger partial charge in [-0.3, -0.25) is 0 Å². The zero-order valence-electron chi connectivity index (χ0n) is 6.20. The van der Waals surface area contributed by atoms with E-state index in [9.17, 15) is 0 Å². The zero-order valence-corrected chi connectivity index (χ0v) is 7.79. The fourth-order valence-electron chi connectivity index (χ4n) is 1.63. The van der Waals surface area contributed by atoms with Crippen LogP contribution in [0.1, 0.15) is 31.7 Å². The number of nitrogens with zero attached hydrogens (tertiary/aromatic N) is 3. The molecule has 0 spiro atoms. The lowest BCUT2D eigenvalue weighted by atomic mass is 10.3. The van der Waals surface area contributed by atoms with Crippen LogP contribution in [0.5, 0.6) is 0 Å². The van der Waals surface area contributed by atoms with E-state index in [2.05, 4.69) is 26.2 Å². The predicted octanol–water partition coefficient (Wildman–Crippen LogP) is 2.16. The van der Waals surface area contributed by atoms with Crippen molar-refractivity contribution in [3.63, 3.8) is 0 Å². The molecule has 0 atom stereocenters. The summed E-state index contributed by atoms with van der Waals surface area (Å²) >= 11 is 3.41. The van der Waals surface area contributed by atoms with Gasteiger partial charge in [-0.25, -0.2) is 4.68 Å². The van der Waals surface area contributed by atoms with Crippen LogP contribution in [0.3, 0.4) is 0 Å². The molecule has 0 saturated heterocycles. The molecule has 0 unspecified atom stereocenters. The van der Waals surface area contributed by atoms with Crippen LogP contribution in [0, 0.1) is 0 Å². The summed E-state index contributed by atoms with van der Waals surface area (Å²) in [6.07, 6.45) is 6.91. The summed E-state index contributed by atoms with van der Waals surface area (Å²) < 4.78 is 2.98. The minimum absolute atomic E-state index is 0.590. The normalized spacial score (nSPS) is 19.4. The molecule has 0 radical (unpaired) electrons. The van der Waals surface area contributed by atoms with Gasteiger partial charge >= 0.3 is 0 Å². The Kier molecular flexibility index (Phi) is 1.94. The Hall–Kier alpha value is -0.380. The van der Waals surface area contributed by atoms with Crippen molar-refractivity contribution in [1.82, 2.24) is 15.0 Å². The van der Waals surface area contributed by atoms with Gasteiger partial charge in [-0.05, 0) is 28.8 Å². The molecule has 1 aliphatic carbocycles. The van der Waals surface area contributed by atoms with Crippen molar-refractivity contribution in [2.75, 3.05) is 0 Å². The molecule has 4 heteroatoms. The molecule has 60 valence electrons. The topological polar surface area (TPSA) is 30.7 Å². The molecule has 3 nitrogen and oxygen atoms in total. The summed E-state index contributed by atoms with van der Waals surface area (Å²) in [6.45, 7) is 0. The van der Waals surface area contributed by atoms with E-state index in [0.717, 1.165) is 4.60 Å². The minimum Gasteiger partial charge on any atom is -0.235 e. The van der Waals surface area contributed by atoms with Gasteiger partial charge in [-0.2, -0.15) is 0 Å². The first-order chi connectivity index (χ1) is 5.38. The molecule has 0 aromatic carbocycles. The number of halogens is 1. The summed E-state index contributed by atoms with van der Waals surface area (Å²) in [4.78, 5) is 0. The maximum atomic E-state index is 4.02. The molecule has 11 heavy (non-hydrogen) atoms. The van der Waals surface area contributed by atoms with Gasteiger partial charge in [0.25, 0.3) is 0 Å². The van der Waals surface area contributed by atoms with E-state index in [1.54, 1.807) is 6.20 Å². The summed E-state index contributed by atoms with van der Waals surface area (Å²) in [7, 11) is 0. The molecule has 0 N–H and O–H groups in total. The SMILES string of the molecule is Brc1cnnn1C1CCCC1. The highest BCUT2D eigenvalue weighted by molar-refractivity contribution is 9.10. The zero-order chi connectivity index (χ0) is 7.68. The monoisotopic (exact) mass is 215 g/mol. The molecule has 1 saturated carbocycles. The third kappa shape index (κ3) is 1.31. The predicted molar refractivity (Wildman–Crippen MR) is 45.2 cm³/mol. The van der Waals surface area contributed by atoms with Crippen molar-refractivity contribution < 1.29 is 0 Å². The summed E-state index contributed by atoms with van der Waals surface area (Å²) in [5.41, 5.74) is 0. The average molecular weight is 216 g/mol. The standard InChI is InChI=1S/C7H10BrN3/c8-7-5-9-10-11(7)6-3-1-2-4-6/h5-6H,1-4H2. The Bertz CT molecular complexity index is 240.